The number of methoxy groups -OCH3 is 1. The lowest BCUT2D eigenvalue weighted by molar-refractivity contribution is -0.192. The number of carboxylic acids is 1. The van der Waals surface area contributed by atoms with Crippen LogP contribution < -0.4 is 10.6 Å². The Morgan fingerprint density at radius 3 is 1.29 bits per heavy atom. The predicted molar refractivity (Wildman–Crippen MR) is 301 cm³/mol. The van der Waals surface area contributed by atoms with E-state index in [1.54, 1.807) is 7.11 Å². The van der Waals surface area contributed by atoms with Gasteiger partial charge < -0.3 is 58.4 Å². The first-order valence-electron chi connectivity index (χ1n) is 29.8. The smallest absolute Gasteiger partial charge is 0.475 e. The van der Waals surface area contributed by atoms with Crippen molar-refractivity contribution in [2.75, 3.05) is 119 Å². The molecule has 0 radical (unpaired) electrons. The van der Waals surface area contributed by atoms with E-state index in [9.17, 15) is 22.8 Å². The Morgan fingerprint density at radius 2 is 0.844 bits per heavy atom. The summed E-state index contributed by atoms with van der Waals surface area (Å²) in [5.74, 6) is -3.52. The van der Waals surface area contributed by atoms with Crippen molar-refractivity contribution in [3.05, 3.63) is 24.3 Å². The maximum atomic E-state index is 12.0. The summed E-state index contributed by atoms with van der Waals surface area (Å²) in [6.07, 6.45) is 40.8. The molecule has 0 aliphatic carbocycles. The Bertz CT molecular complexity index is 1320. The number of halogens is 3. The molecule has 0 bridgehead atoms. The van der Waals surface area contributed by atoms with Gasteiger partial charge in [0.25, 0.3) is 0 Å². The minimum atomic E-state index is -5.08. The number of carbonyl (C=O) groups excluding carboxylic acids is 2. The van der Waals surface area contributed by atoms with E-state index >= 15 is 0 Å². The highest BCUT2D eigenvalue weighted by atomic mass is 19.4. The molecular weight excluding hydrogens is 1000 g/mol. The zero-order valence-corrected chi connectivity index (χ0v) is 48.8. The van der Waals surface area contributed by atoms with Gasteiger partial charge in [-0.15, -0.1) is 0 Å². The normalized spacial score (nSPS) is 12.6. The molecule has 0 aromatic carbocycles. The van der Waals surface area contributed by atoms with Crippen LogP contribution in [0.5, 0.6) is 0 Å². The molecule has 0 fully saturated rings. The number of nitrogens with one attached hydrogen (secondary N) is 2. The first kappa shape index (κ1) is 76.4. The van der Waals surface area contributed by atoms with Gasteiger partial charge in [-0.3, -0.25) is 9.59 Å². The zero-order chi connectivity index (χ0) is 56.8. The predicted octanol–water partition coefficient (Wildman–Crippen LogP) is 12.5. The summed E-state index contributed by atoms with van der Waals surface area (Å²) in [5.41, 5.74) is 0. The number of hydrogen-bond acceptors (Lipinski definition) is 14. The van der Waals surface area contributed by atoms with Gasteiger partial charge in [-0.1, -0.05) is 154 Å². The van der Waals surface area contributed by atoms with Gasteiger partial charge in [-0.25, -0.2) is 4.79 Å². The number of ether oxygens (including phenoxy) is 9. The average Bonchev–Trinajstić information content (AvgIpc) is 3.41. The molecule has 77 heavy (non-hydrogen) atoms. The summed E-state index contributed by atoms with van der Waals surface area (Å²) < 4.78 is 82.2. The second kappa shape index (κ2) is 62.5. The van der Waals surface area contributed by atoms with E-state index in [-0.39, 0.29) is 51.0 Å². The first-order valence-corrected chi connectivity index (χ1v) is 29.8. The lowest BCUT2D eigenvalue weighted by atomic mass is 10.1. The molecule has 0 amide bonds. The van der Waals surface area contributed by atoms with Crippen molar-refractivity contribution in [3.63, 3.8) is 0 Å². The van der Waals surface area contributed by atoms with Crippen molar-refractivity contribution in [3.8, 4) is 0 Å². The number of carboxylic acid groups (broad SMARTS) is 1. The number of allylic oxidation sites excluding steroid dienone is 4. The second-order valence-electron chi connectivity index (χ2n) is 19.5. The Balaban J connectivity index is 0. The topological polar surface area (TPSA) is 179 Å². The van der Waals surface area contributed by atoms with Crippen LogP contribution in [-0.2, 0) is 57.0 Å². The van der Waals surface area contributed by atoms with Crippen molar-refractivity contribution in [2.45, 2.75) is 219 Å². The quantitative estimate of drug-likeness (QED) is 0.0297. The lowest BCUT2D eigenvalue weighted by Gasteiger charge is -2.18. The van der Waals surface area contributed by atoms with Crippen molar-refractivity contribution in [2.24, 2.45) is 0 Å². The highest BCUT2D eigenvalue weighted by Crippen LogP contribution is 2.14. The van der Waals surface area contributed by atoms with E-state index < -0.39 is 18.1 Å². The fraction of sp³-hybridized carbons (Fsp3) is 0.881. The Labute approximate surface area is 464 Å². The molecule has 0 rings (SSSR count). The third kappa shape index (κ3) is 65.7. The van der Waals surface area contributed by atoms with Crippen molar-refractivity contribution in [1.29, 1.82) is 0 Å². The van der Waals surface area contributed by atoms with Crippen LogP contribution in [0.25, 0.3) is 0 Å². The summed E-state index contributed by atoms with van der Waals surface area (Å²) in [5, 5.41) is 13.0. The zero-order valence-electron chi connectivity index (χ0n) is 48.8. The molecule has 2 unspecified atom stereocenters. The fourth-order valence-corrected chi connectivity index (χ4v) is 7.50. The number of rotatable bonds is 59. The van der Waals surface area contributed by atoms with E-state index in [4.69, 9.17) is 52.5 Å². The SMILES string of the molecule is CCCCCCCC/C=C\CCCCCCCCOCC(COCCOCCOCCOCCOC(=O)CNC(C)COC(=O)CNCCOC)OCCCCCCCC/C=C\CCCCCCCC.O=C(O)C(F)(F)F. The number of hydrogen-bond donors (Lipinski definition) is 3. The van der Waals surface area contributed by atoms with Gasteiger partial charge >= 0.3 is 24.1 Å². The van der Waals surface area contributed by atoms with Gasteiger partial charge in [-0.2, -0.15) is 13.2 Å². The molecular formula is C59H111F3N2O13. The van der Waals surface area contributed by atoms with Crippen molar-refractivity contribution in [1.82, 2.24) is 10.6 Å². The number of esters is 2. The minimum Gasteiger partial charge on any atom is -0.475 e. The number of unbranched alkanes of at least 4 members (excludes halogenated alkanes) is 24. The van der Waals surface area contributed by atoms with Crippen LogP contribution in [0.2, 0.25) is 0 Å². The average molecular weight is 1110 g/mol. The molecule has 0 aromatic heterocycles. The van der Waals surface area contributed by atoms with E-state index in [0.717, 1.165) is 26.1 Å². The summed E-state index contributed by atoms with van der Waals surface area (Å²) >= 11 is 0. The van der Waals surface area contributed by atoms with Crippen molar-refractivity contribution < 1.29 is 75.3 Å². The summed E-state index contributed by atoms with van der Waals surface area (Å²) in [6, 6.07) is -0.193. The van der Waals surface area contributed by atoms with Gasteiger partial charge in [0.1, 0.15) is 19.3 Å². The monoisotopic (exact) mass is 1110 g/mol. The van der Waals surface area contributed by atoms with Crippen LogP contribution in [0.15, 0.2) is 24.3 Å². The van der Waals surface area contributed by atoms with Crippen LogP contribution in [0.1, 0.15) is 201 Å². The summed E-state index contributed by atoms with van der Waals surface area (Å²) in [7, 11) is 1.60. The molecule has 2 atom stereocenters. The third-order valence-electron chi connectivity index (χ3n) is 12.1. The number of aliphatic carboxylic acids is 1. The largest absolute Gasteiger partial charge is 0.490 e. The molecule has 3 N–H and O–H groups in total. The Kier molecular flexibility index (Phi) is 62.0. The van der Waals surface area contributed by atoms with Gasteiger partial charge in [0, 0.05) is 32.9 Å². The Morgan fingerprint density at radius 1 is 0.468 bits per heavy atom. The molecule has 0 saturated heterocycles. The first-order chi connectivity index (χ1) is 37.5. The molecule has 0 aliphatic rings. The molecule has 0 spiro atoms. The highest BCUT2D eigenvalue weighted by molar-refractivity contribution is 5.73. The standard InChI is InChI=1S/C57H110N2O11.C2HF3O2/c1-5-7-9-11-13-15-17-19-21-23-25-27-29-31-33-35-38-66-52-55(68-39-36-34-32-30-28-26-24-22-20-18-16-14-12-10-8-6-2)53-67-46-45-64-42-41-63-43-44-65-47-48-69-57(61)50-59-54(3)51-70-56(60)49-58-37-40-62-4;3-2(4,5)1(6)7/h19-22,54-55,58-59H,5-18,23-53H2,1-4H3;(H,6,7)/b21-19-,22-20-;. The minimum absolute atomic E-state index is 0.0123. The Hall–Kier alpha value is -2.68. The van der Waals surface area contributed by atoms with Crippen LogP contribution in [0.4, 0.5) is 13.2 Å². The lowest BCUT2D eigenvalue weighted by Crippen LogP contribution is -2.37. The van der Waals surface area contributed by atoms with E-state index in [1.807, 2.05) is 6.92 Å². The van der Waals surface area contributed by atoms with E-state index in [2.05, 4.69) is 48.8 Å². The maximum absolute atomic E-state index is 12.0. The maximum Gasteiger partial charge on any atom is 0.490 e. The van der Waals surface area contributed by atoms with Crippen LogP contribution in [-0.4, -0.2) is 161 Å². The van der Waals surface area contributed by atoms with Gasteiger partial charge in [0.05, 0.1) is 79.2 Å². The van der Waals surface area contributed by atoms with Crippen molar-refractivity contribution >= 4 is 17.9 Å². The van der Waals surface area contributed by atoms with Gasteiger partial charge in [0.15, 0.2) is 0 Å². The highest BCUT2D eigenvalue weighted by Gasteiger charge is 2.38. The molecule has 0 saturated carbocycles. The third-order valence-corrected chi connectivity index (χ3v) is 12.1. The number of carbonyl (C=O) groups is 3. The van der Waals surface area contributed by atoms with Crippen LogP contribution >= 0.6 is 0 Å². The van der Waals surface area contributed by atoms with Gasteiger partial charge in [-0.05, 0) is 71.1 Å². The van der Waals surface area contributed by atoms with Crippen LogP contribution in [0, 0.1) is 0 Å². The van der Waals surface area contributed by atoms with Crippen LogP contribution in [0.3, 0.4) is 0 Å². The fourth-order valence-electron chi connectivity index (χ4n) is 7.50. The van der Waals surface area contributed by atoms with Gasteiger partial charge in [0.2, 0.25) is 0 Å². The molecule has 0 aliphatic heterocycles. The second-order valence-corrected chi connectivity index (χ2v) is 19.5. The molecule has 18 heteroatoms. The molecule has 15 nitrogen and oxygen atoms in total. The summed E-state index contributed by atoms with van der Waals surface area (Å²) in [4.78, 5) is 32.6. The van der Waals surface area contributed by atoms with E-state index in [0.29, 0.717) is 66.0 Å². The number of alkyl halides is 3. The molecule has 0 aromatic rings. The summed E-state index contributed by atoms with van der Waals surface area (Å²) in [6.45, 7) is 13.4. The molecule has 456 valence electrons. The molecule has 0 heterocycles. The van der Waals surface area contributed by atoms with E-state index in [1.165, 1.54) is 167 Å².